The number of benzene rings is 1. The summed E-state index contributed by atoms with van der Waals surface area (Å²) in [5.74, 6) is -0.470. The van der Waals surface area contributed by atoms with Crippen LogP contribution in [0.25, 0.3) is 0 Å². The molecule has 0 aromatic heterocycles. The van der Waals surface area contributed by atoms with Crippen molar-refractivity contribution in [3.8, 4) is 5.75 Å². The molecule has 0 saturated carbocycles. The number of carbonyl (C=O) groups excluding carboxylic acids is 1. The Balaban J connectivity index is 2.51. The molecule has 0 spiro atoms. The molecule has 1 aliphatic rings. The van der Waals surface area contributed by atoms with Crippen molar-refractivity contribution < 1.29 is 31.1 Å². The molecule has 0 radical (unpaired) electrons. The second-order valence-electron chi connectivity index (χ2n) is 4.67. The molecule has 0 unspecified atom stereocenters. The number of hydrogen-bond donors (Lipinski definition) is 1. The smallest absolute Gasteiger partial charge is 0.476 e. The van der Waals surface area contributed by atoms with Gasteiger partial charge in [-0.05, 0) is 32.0 Å². The first kappa shape index (κ1) is 14.6. The SMILES string of the molecule is CC1(C)Oc2ccc(S(=O)(=O)C(F)(F)F)cc2NC1=O. The molecule has 0 aliphatic carbocycles. The van der Waals surface area contributed by atoms with Gasteiger partial charge in [0.1, 0.15) is 5.75 Å². The second kappa shape index (κ2) is 4.11. The maximum absolute atomic E-state index is 12.4. The zero-order valence-electron chi connectivity index (χ0n) is 10.4. The van der Waals surface area contributed by atoms with E-state index >= 15 is 0 Å². The van der Waals surface area contributed by atoms with Crippen molar-refractivity contribution >= 4 is 21.4 Å². The van der Waals surface area contributed by atoms with Gasteiger partial charge in [0.15, 0.2) is 5.60 Å². The molecule has 1 N–H and O–H groups in total. The number of fused-ring (bicyclic) bond motifs is 1. The number of nitrogens with one attached hydrogen (secondary N) is 1. The molecule has 0 atom stereocenters. The average molecular weight is 309 g/mol. The molecule has 9 heteroatoms. The number of carbonyl (C=O) groups is 1. The van der Waals surface area contributed by atoms with Crippen LogP contribution in [0.2, 0.25) is 0 Å². The van der Waals surface area contributed by atoms with Gasteiger partial charge in [0.05, 0.1) is 10.6 Å². The molecule has 5 nitrogen and oxygen atoms in total. The van der Waals surface area contributed by atoms with E-state index in [0.29, 0.717) is 0 Å². The van der Waals surface area contributed by atoms with Gasteiger partial charge in [-0.3, -0.25) is 4.79 Å². The summed E-state index contributed by atoms with van der Waals surface area (Å²) >= 11 is 0. The fourth-order valence-electron chi connectivity index (χ4n) is 1.59. The lowest BCUT2D eigenvalue weighted by molar-refractivity contribution is -0.129. The van der Waals surface area contributed by atoms with Crippen LogP contribution in [-0.4, -0.2) is 25.4 Å². The third kappa shape index (κ3) is 2.21. The van der Waals surface area contributed by atoms with E-state index in [9.17, 15) is 26.4 Å². The largest absolute Gasteiger partial charge is 0.501 e. The van der Waals surface area contributed by atoms with Gasteiger partial charge >= 0.3 is 5.51 Å². The maximum atomic E-state index is 12.4. The van der Waals surface area contributed by atoms with Gasteiger partial charge in [0.2, 0.25) is 0 Å². The number of hydrogen-bond acceptors (Lipinski definition) is 4. The highest BCUT2D eigenvalue weighted by Gasteiger charge is 2.47. The Kier molecular flexibility index (Phi) is 3.01. The van der Waals surface area contributed by atoms with E-state index in [2.05, 4.69) is 5.32 Å². The summed E-state index contributed by atoms with van der Waals surface area (Å²) < 4.78 is 65.2. The van der Waals surface area contributed by atoms with E-state index in [1.807, 2.05) is 0 Å². The zero-order valence-corrected chi connectivity index (χ0v) is 11.2. The van der Waals surface area contributed by atoms with Crippen molar-refractivity contribution in [1.29, 1.82) is 0 Å². The molecule has 1 aliphatic heterocycles. The highest BCUT2D eigenvalue weighted by atomic mass is 32.2. The van der Waals surface area contributed by atoms with Crippen molar-refractivity contribution in [2.45, 2.75) is 29.9 Å². The normalized spacial score (nSPS) is 17.9. The minimum atomic E-state index is -5.46. The number of halogens is 3. The van der Waals surface area contributed by atoms with Crippen LogP contribution in [0.5, 0.6) is 5.75 Å². The van der Waals surface area contributed by atoms with Crippen LogP contribution in [0.1, 0.15) is 13.8 Å². The first-order valence-corrected chi connectivity index (χ1v) is 6.89. The van der Waals surface area contributed by atoms with E-state index in [1.165, 1.54) is 13.8 Å². The van der Waals surface area contributed by atoms with E-state index in [0.717, 1.165) is 18.2 Å². The quantitative estimate of drug-likeness (QED) is 0.862. The molecule has 1 aromatic carbocycles. The summed E-state index contributed by atoms with van der Waals surface area (Å²) in [5.41, 5.74) is -6.70. The summed E-state index contributed by atoms with van der Waals surface area (Å²) in [7, 11) is -5.46. The number of amides is 1. The molecule has 20 heavy (non-hydrogen) atoms. The Bertz CT molecular complexity index is 679. The number of anilines is 1. The van der Waals surface area contributed by atoms with Crippen molar-refractivity contribution in [2.24, 2.45) is 0 Å². The fourth-order valence-corrected chi connectivity index (χ4v) is 2.38. The zero-order chi connectivity index (χ0) is 15.3. The standard InChI is InChI=1S/C11H10F3NO4S/c1-10(2)9(16)15-7-5-6(3-4-8(7)19-10)20(17,18)11(12,13)14/h3-5H,1-2H3,(H,15,16). The topological polar surface area (TPSA) is 72.5 Å². The van der Waals surface area contributed by atoms with Crippen LogP contribution in [0, 0.1) is 0 Å². The van der Waals surface area contributed by atoms with Gasteiger partial charge in [-0.25, -0.2) is 8.42 Å². The number of sulfone groups is 1. The molecule has 1 aromatic rings. The summed E-state index contributed by atoms with van der Waals surface area (Å²) in [6.07, 6.45) is 0. The molecule has 0 fully saturated rings. The third-order valence-electron chi connectivity index (χ3n) is 2.73. The Morgan fingerprint density at radius 1 is 1.25 bits per heavy atom. The molecule has 1 heterocycles. The monoisotopic (exact) mass is 309 g/mol. The molecular weight excluding hydrogens is 299 g/mol. The lowest BCUT2D eigenvalue weighted by atomic mass is 10.1. The van der Waals surface area contributed by atoms with Crippen molar-refractivity contribution in [3.05, 3.63) is 18.2 Å². The van der Waals surface area contributed by atoms with Gasteiger partial charge in [0, 0.05) is 0 Å². The molecular formula is C11H10F3NO4S. The van der Waals surface area contributed by atoms with Gasteiger partial charge in [-0.1, -0.05) is 0 Å². The molecule has 0 saturated heterocycles. The predicted molar refractivity (Wildman–Crippen MR) is 63.0 cm³/mol. The molecule has 2 rings (SSSR count). The van der Waals surface area contributed by atoms with Crippen LogP contribution in [-0.2, 0) is 14.6 Å². The minimum Gasteiger partial charge on any atom is -0.476 e. The summed E-state index contributed by atoms with van der Waals surface area (Å²) in [5, 5.41) is 2.32. The van der Waals surface area contributed by atoms with Crippen LogP contribution in [0.4, 0.5) is 18.9 Å². The second-order valence-corrected chi connectivity index (χ2v) is 6.61. The molecule has 1 amide bonds. The Morgan fingerprint density at radius 2 is 1.85 bits per heavy atom. The van der Waals surface area contributed by atoms with Gasteiger partial charge in [-0.15, -0.1) is 0 Å². The van der Waals surface area contributed by atoms with Crippen molar-refractivity contribution in [3.63, 3.8) is 0 Å². The van der Waals surface area contributed by atoms with Crippen molar-refractivity contribution in [2.75, 3.05) is 5.32 Å². The highest BCUT2D eigenvalue weighted by molar-refractivity contribution is 7.92. The van der Waals surface area contributed by atoms with Crippen molar-refractivity contribution in [1.82, 2.24) is 0 Å². The number of rotatable bonds is 1. The molecule has 110 valence electrons. The van der Waals surface area contributed by atoms with E-state index < -0.39 is 31.7 Å². The first-order valence-electron chi connectivity index (χ1n) is 5.41. The van der Waals surface area contributed by atoms with Gasteiger partial charge in [-0.2, -0.15) is 13.2 Å². The lowest BCUT2D eigenvalue weighted by Gasteiger charge is -2.31. The van der Waals surface area contributed by atoms with Crippen LogP contribution >= 0.6 is 0 Å². The summed E-state index contributed by atoms with van der Waals surface area (Å²) in [4.78, 5) is 10.7. The highest BCUT2D eigenvalue weighted by Crippen LogP contribution is 2.38. The predicted octanol–water partition coefficient (Wildman–Crippen LogP) is 2.09. The van der Waals surface area contributed by atoms with E-state index in [-0.39, 0.29) is 11.4 Å². The summed E-state index contributed by atoms with van der Waals surface area (Å²) in [6, 6.07) is 2.59. The van der Waals surface area contributed by atoms with Gasteiger partial charge < -0.3 is 10.1 Å². The Hall–Kier alpha value is -1.77. The van der Waals surface area contributed by atoms with E-state index in [4.69, 9.17) is 4.74 Å². The minimum absolute atomic E-state index is 0.107. The maximum Gasteiger partial charge on any atom is 0.501 e. The van der Waals surface area contributed by atoms with Crippen LogP contribution in [0.15, 0.2) is 23.1 Å². The van der Waals surface area contributed by atoms with Crippen LogP contribution < -0.4 is 10.1 Å². The van der Waals surface area contributed by atoms with Crippen LogP contribution in [0.3, 0.4) is 0 Å². The third-order valence-corrected chi connectivity index (χ3v) is 4.21. The number of ether oxygens (including phenoxy) is 1. The molecule has 0 bridgehead atoms. The van der Waals surface area contributed by atoms with E-state index in [1.54, 1.807) is 0 Å². The Labute approximate surface area is 112 Å². The first-order chi connectivity index (χ1) is 8.95. The fraction of sp³-hybridized carbons (Fsp3) is 0.364. The van der Waals surface area contributed by atoms with Gasteiger partial charge in [0.25, 0.3) is 15.7 Å². The average Bonchev–Trinajstić information content (AvgIpc) is 2.28. The number of alkyl halides is 3. The summed E-state index contributed by atoms with van der Waals surface area (Å²) in [6.45, 7) is 2.96. The Morgan fingerprint density at radius 3 is 2.40 bits per heavy atom. The lowest BCUT2D eigenvalue weighted by Crippen LogP contribution is -2.45.